The van der Waals surface area contributed by atoms with Crippen molar-refractivity contribution in [3.63, 3.8) is 0 Å². The van der Waals surface area contributed by atoms with E-state index in [1.807, 2.05) is 13.0 Å². The highest BCUT2D eigenvalue weighted by molar-refractivity contribution is 7.90. The van der Waals surface area contributed by atoms with E-state index in [1.165, 1.54) is 11.1 Å². The number of amides is 1. The standard InChI is InChI=1S/C32H41ClN2O5S/c1-20-12-21(2)17-41(38,39)34-31(37)23-6-10-30-28(15-23)35(16-24-5-8-26(24)29(36)13-20)18-32(19-40-30)11-3-4-22-14-25(33)7-9-27(22)32/h6-7,9-10,14-15,20-21,24,26,29,36H,3-5,8,11-13,16-19H2,1-2H3,(H,34,37)/t20-,21?,24+,26-,29+,32+/m1/s1. The number of anilines is 1. The molecule has 0 aromatic heterocycles. The number of benzene rings is 2. The Hall–Kier alpha value is -2.29. The van der Waals surface area contributed by atoms with Crippen molar-refractivity contribution >= 4 is 33.2 Å². The maximum Gasteiger partial charge on any atom is 0.264 e. The van der Waals surface area contributed by atoms with E-state index in [0.717, 1.165) is 49.4 Å². The number of hydrogen-bond acceptors (Lipinski definition) is 6. The Morgan fingerprint density at radius 2 is 1.93 bits per heavy atom. The number of hydrogen-bond donors (Lipinski definition) is 2. The largest absolute Gasteiger partial charge is 0.490 e. The van der Waals surface area contributed by atoms with Crippen LogP contribution in [0.5, 0.6) is 5.75 Å². The molecule has 2 N–H and O–H groups in total. The molecule has 1 fully saturated rings. The average Bonchev–Trinajstić information content (AvgIpc) is 3.02. The highest BCUT2D eigenvalue weighted by atomic mass is 35.5. The fourth-order valence-electron chi connectivity index (χ4n) is 7.92. The van der Waals surface area contributed by atoms with Crippen molar-refractivity contribution in [1.29, 1.82) is 0 Å². The Morgan fingerprint density at radius 1 is 1.10 bits per heavy atom. The van der Waals surface area contributed by atoms with Crippen LogP contribution in [0, 0.1) is 23.7 Å². The van der Waals surface area contributed by atoms with Crippen molar-refractivity contribution < 1.29 is 23.1 Å². The van der Waals surface area contributed by atoms with Gasteiger partial charge in [0, 0.05) is 29.1 Å². The smallest absolute Gasteiger partial charge is 0.264 e. The van der Waals surface area contributed by atoms with Crippen molar-refractivity contribution in [2.75, 3.05) is 30.3 Å². The minimum Gasteiger partial charge on any atom is -0.490 e. The molecule has 1 unspecified atom stereocenters. The second kappa shape index (κ2) is 11.1. The summed E-state index contributed by atoms with van der Waals surface area (Å²) in [5.74, 6) is 0.536. The van der Waals surface area contributed by atoms with Gasteiger partial charge in [0.2, 0.25) is 10.0 Å². The first kappa shape index (κ1) is 28.8. The summed E-state index contributed by atoms with van der Waals surface area (Å²) in [5, 5.41) is 12.0. The third-order valence-corrected chi connectivity index (χ3v) is 11.7. The van der Waals surface area contributed by atoms with Gasteiger partial charge in [0.1, 0.15) is 5.75 Å². The van der Waals surface area contributed by atoms with Gasteiger partial charge < -0.3 is 14.7 Å². The highest BCUT2D eigenvalue weighted by Crippen LogP contribution is 2.47. The lowest BCUT2D eigenvalue weighted by atomic mass is 9.67. The van der Waals surface area contributed by atoms with Gasteiger partial charge in [-0.25, -0.2) is 13.1 Å². The lowest BCUT2D eigenvalue weighted by Crippen LogP contribution is -2.49. The van der Waals surface area contributed by atoms with Gasteiger partial charge in [-0.05, 0) is 110 Å². The number of ether oxygens (including phenoxy) is 1. The van der Waals surface area contributed by atoms with Gasteiger partial charge in [-0.15, -0.1) is 0 Å². The third kappa shape index (κ3) is 5.84. The number of nitrogens with one attached hydrogen (secondary N) is 1. The number of fused-ring (bicyclic) bond motifs is 4. The molecule has 2 aromatic carbocycles. The summed E-state index contributed by atoms with van der Waals surface area (Å²) >= 11 is 6.38. The number of halogens is 1. The van der Waals surface area contributed by atoms with Crippen LogP contribution in [0.15, 0.2) is 36.4 Å². The van der Waals surface area contributed by atoms with Crippen LogP contribution < -0.4 is 14.4 Å². The van der Waals surface area contributed by atoms with Gasteiger partial charge in [0.15, 0.2) is 0 Å². The number of aliphatic hydroxyl groups is 1. The Kier molecular flexibility index (Phi) is 7.79. The molecule has 41 heavy (non-hydrogen) atoms. The fourth-order valence-corrected chi connectivity index (χ4v) is 9.48. The first-order valence-corrected chi connectivity index (χ1v) is 17.1. The minimum absolute atomic E-state index is 0.128. The van der Waals surface area contributed by atoms with Crippen LogP contribution in [0.3, 0.4) is 0 Å². The summed E-state index contributed by atoms with van der Waals surface area (Å²) in [7, 11) is -3.82. The Bertz CT molecular complexity index is 1430. The van der Waals surface area contributed by atoms with E-state index in [1.54, 1.807) is 18.2 Å². The maximum absolute atomic E-state index is 13.2. The molecule has 6 rings (SSSR count). The van der Waals surface area contributed by atoms with E-state index in [9.17, 15) is 18.3 Å². The van der Waals surface area contributed by atoms with E-state index < -0.39 is 22.0 Å². The van der Waals surface area contributed by atoms with E-state index in [-0.39, 0.29) is 28.9 Å². The lowest BCUT2D eigenvalue weighted by Gasteiger charge is -2.46. The molecule has 1 spiro atoms. The normalized spacial score (nSPS) is 33.4. The second-order valence-corrected chi connectivity index (χ2v) is 15.5. The van der Waals surface area contributed by atoms with Crippen molar-refractivity contribution in [3.05, 3.63) is 58.1 Å². The Morgan fingerprint density at radius 3 is 2.71 bits per heavy atom. The van der Waals surface area contributed by atoms with Gasteiger partial charge in [0.05, 0.1) is 24.2 Å². The number of aryl methyl sites for hydroxylation is 1. The zero-order valence-electron chi connectivity index (χ0n) is 23.9. The summed E-state index contributed by atoms with van der Waals surface area (Å²) in [6.45, 7) is 5.95. The van der Waals surface area contributed by atoms with Crippen molar-refractivity contribution in [3.8, 4) is 5.75 Å². The molecule has 0 saturated heterocycles. The number of nitrogens with zero attached hydrogens (tertiary/aromatic N) is 1. The Balaban J connectivity index is 1.41. The minimum atomic E-state index is -3.82. The van der Waals surface area contributed by atoms with Crippen molar-refractivity contribution in [2.24, 2.45) is 23.7 Å². The van der Waals surface area contributed by atoms with Gasteiger partial charge in [0.25, 0.3) is 5.91 Å². The number of carbonyl (C=O) groups is 1. The summed E-state index contributed by atoms with van der Waals surface area (Å²) < 4.78 is 34.7. The fraction of sp³-hybridized carbons (Fsp3) is 0.594. The van der Waals surface area contributed by atoms with Crippen LogP contribution >= 0.6 is 11.6 Å². The van der Waals surface area contributed by atoms with Gasteiger partial charge in [-0.1, -0.05) is 31.5 Å². The molecule has 2 aliphatic carbocycles. The molecule has 1 amide bonds. The van der Waals surface area contributed by atoms with E-state index in [0.29, 0.717) is 43.2 Å². The average molecular weight is 601 g/mol. The molecule has 0 radical (unpaired) electrons. The number of aliphatic hydroxyl groups excluding tert-OH is 1. The predicted molar refractivity (Wildman–Crippen MR) is 161 cm³/mol. The summed E-state index contributed by atoms with van der Waals surface area (Å²) in [6, 6.07) is 11.4. The van der Waals surface area contributed by atoms with Gasteiger partial charge >= 0.3 is 0 Å². The Labute approximate surface area is 248 Å². The molecule has 4 aliphatic rings. The van der Waals surface area contributed by atoms with Crippen molar-refractivity contribution in [1.82, 2.24) is 4.72 Å². The summed E-state index contributed by atoms with van der Waals surface area (Å²) in [6.07, 6.45) is 5.96. The van der Waals surface area contributed by atoms with Crippen LogP contribution in [0.2, 0.25) is 5.02 Å². The van der Waals surface area contributed by atoms with Crippen LogP contribution in [-0.2, 0) is 21.9 Å². The van der Waals surface area contributed by atoms with Crippen LogP contribution in [0.1, 0.15) is 73.9 Å². The molecule has 2 heterocycles. The molecular formula is C32H41ClN2O5S. The van der Waals surface area contributed by atoms with Crippen LogP contribution in [-0.4, -0.2) is 51.0 Å². The predicted octanol–water partition coefficient (Wildman–Crippen LogP) is 5.33. The lowest BCUT2D eigenvalue weighted by molar-refractivity contribution is 0.000591. The molecule has 2 bridgehead atoms. The van der Waals surface area contributed by atoms with E-state index >= 15 is 0 Å². The number of rotatable bonds is 0. The topological polar surface area (TPSA) is 95.9 Å². The molecular weight excluding hydrogens is 560 g/mol. The van der Waals surface area contributed by atoms with Gasteiger partial charge in [-0.2, -0.15) is 0 Å². The van der Waals surface area contributed by atoms with E-state index in [4.69, 9.17) is 16.3 Å². The van der Waals surface area contributed by atoms with E-state index in [2.05, 4.69) is 28.7 Å². The molecule has 9 heteroatoms. The molecule has 222 valence electrons. The summed E-state index contributed by atoms with van der Waals surface area (Å²) in [5.41, 5.74) is 3.39. The summed E-state index contributed by atoms with van der Waals surface area (Å²) in [4.78, 5) is 15.6. The van der Waals surface area contributed by atoms with Gasteiger partial charge in [-0.3, -0.25) is 4.79 Å². The molecule has 1 saturated carbocycles. The molecule has 2 aromatic rings. The quantitative estimate of drug-likeness (QED) is 0.425. The van der Waals surface area contributed by atoms with Crippen molar-refractivity contribution in [2.45, 2.75) is 70.3 Å². The second-order valence-electron chi connectivity index (χ2n) is 13.3. The highest BCUT2D eigenvalue weighted by Gasteiger charge is 2.44. The molecule has 6 atom stereocenters. The number of sulfonamides is 1. The monoisotopic (exact) mass is 600 g/mol. The zero-order chi connectivity index (χ0) is 28.9. The zero-order valence-corrected chi connectivity index (χ0v) is 25.5. The molecule has 2 aliphatic heterocycles. The SMILES string of the molecule is CC1C[C@@H](C)C[C@H](O)[C@@H]2CC[C@H]2CN2C[C@@]3(CCCc4cc(Cl)ccc43)COc3ccc(cc32)C(=O)NS(=O)(=O)C1. The third-order valence-electron chi connectivity index (χ3n) is 9.93. The van der Waals surface area contributed by atoms with Crippen LogP contribution in [0.25, 0.3) is 0 Å². The maximum atomic E-state index is 13.2. The molecule has 7 nitrogen and oxygen atoms in total. The first-order chi connectivity index (χ1) is 19.5. The number of carbonyl (C=O) groups excluding carboxylic acids is 1. The van der Waals surface area contributed by atoms with Crippen LogP contribution in [0.4, 0.5) is 5.69 Å². The first-order valence-electron chi connectivity index (χ1n) is 15.1.